The minimum absolute atomic E-state index is 0.0266. The molecule has 224 valence electrons. The van der Waals surface area contributed by atoms with E-state index in [-0.39, 0.29) is 11.1 Å². The summed E-state index contributed by atoms with van der Waals surface area (Å²) < 4.78 is 1.86. The summed E-state index contributed by atoms with van der Waals surface area (Å²) in [5, 5.41) is 26.7. The van der Waals surface area contributed by atoms with Crippen LogP contribution in [0.15, 0.2) is 34.7 Å². The first-order chi connectivity index (χ1) is 20.9. The fraction of sp³-hybridized carbons (Fsp3) is 0.467. The number of hydrogen-bond acceptors (Lipinski definition) is 10. The largest absolute Gasteiger partial charge is 0.436 e. The normalized spacial score (nSPS) is 15.3. The molecule has 13 nitrogen and oxygen atoms in total. The number of amides is 2. The summed E-state index contributed by atoms with van der Waals surface area (Å²) >= 11 is 0. The van der Waals surface area contributed by atoms with Crippen LogP contribution < -0.4 is 0 Å². The molecule has 2 amide bonds. The number of Topliss-reactive ketones (excluding diaryl/α,β-unsaturated/α-hetero) is 2. The zero-order chi connectivity index (χ0) is 30.8. The number of likely N-dealkylation sites (tertiary alicyclic amines) is 2. The predicted molar refractivity (Wildman–Crippen MR) is 155 cm³/mol. The molecule has 2 aromatic rings. The van der Waals surface area contributed by atoms with Gasteiger partial charge in [0, 0.05) is 55.4 Å². The highest BCUT2D eigenvalue weighted by Gasteiger charge is 2.26. The molecule has 43 heavy (non-hydrogen) atoms. The van der Waals surface area contributed by atoms with Crippen LogP contribution in [0, 0.1) is 22.7 Å². The molecule has 0 unspecified atom stereocenters. The van der Waals surface area contributed by atoms with Gasteiger partial charge in [-0.3, -0.25) is 19.3 Å². The zero-order valence-electron chi connectivity index (χ0n) is 24.1. The SMILES string of the molecule is CCCCCCn1cc(C(=O)/C(C#N)=N/OC(=O)N2CCCC2)c2cc(C(=O)/C(C#N)=N/OC(=O)N3CCCC3)ccc21. The Morgan fingerprint density at radius 2 is 1.37 bits per heavy atom. The van der Waals surface area contributed by atoms with Crippen molar-refractivity contribution in [3.8, 4) is 12.1 Å². The summed E-state index contributed by atoms with van der Waals surface area (Å²) in [7, 11) is 0. The van der Waals surface area contributed by atoms with Gasteiger partial charge in [-0.1, -0.05) is 36.5 Å². The van der Waals surface area contributed by atoms with Crippen LogP contribution in [0.5, 0.6) is 0 Å². The zero-order valence-corrected chi connectivity index (χ0v) is 24.1. The van der Waals surface area contributed by atoms with Crippen molar-refractivity contribution >= 4 is 46.1 Å². The standard InChI is InChI=1S/C30H33N7O6/c1-2-3-4-5-16-37-20-23(28(39)25(19-32)34-43-30(41)36-14-8-9-15-36)22-17-21(10-11-26(22)37)27(38)24(18-31)33-42-29(40)35-12-6-7-13-35/h10-11,17,20H,2-9,12-16H2,1H3/b33-24+,34-25+. The summed E-state index contributed by atoms with van der Waals surface area (Å²) in [6, 6.07) is 7.94. The van der Waals surface area contributed by atoms with E-state index in [4.69, 9.17) is 9.68 Å². The van der Waals surface area contributed by atoms with Crippen LogP contribution in [0.1, 0.15) is 79.0 Å². The number of hydrogen-bond donors (Lipinski definition) is 0. The molecule has 3 heterocycles. The Bertz CT molecular complexity index is 1530. The van der Waals surface area contributed by atoms with Crippen molar-refractivity contribution < 1.29 is 28.9 Å². The van der Waals surface area contributed by atoms with E-state index in [1.54, 1.807) is 24.4 Å². The molecule has 4 rings (SSSR count). The monoisotopic (exact) mass is 587 g/mol. The quantitative estimate of drug-likeness (QED) is 0.118. The van der Waals surface area contributed by atoms with E-state index in [1.165, 1.54) is 21.9 Å². The van der Waals surface area contributed by atoms with Gasteiger partial charge in [0.1, 0.15) is 12.1 Å². The number of benzene rings is 1. The summed E-state index contributed by atoms with van der Waals surface area (Å²) in [6.07, 6.45) is 7.36. The van der Waals surface area contributed by atoms with Gasteiger partial charge < -0.3 is 14.4 Å². The Balaban J connectivity index is 1.63. The number of carbonyl (C=O) groups is 4. The van der Waals surface area contributed by atoms with Gasteiger partial charge in [-0.05, 0) is 50.3 Å². The van der Waals surface area contributed by atoms with E-state index in [1.807, 2.05) is 4.57 Å². The van der Waals surface area contributed by atoms with Gasteiger partial charge in [-0.2, -0.15) is 10.5 Å². The van der Waals surface area contributed by atoms with Crippen molar-refractivity contribution in [1.29, 1.82) is 10.5 Å². The second-order valence-corrected chi connectivity index (χ2v) is 10.4. The second kappa shape index (κ2) is 14.7. The molecule has 0 saturated carbocycles. The Labute approximate surface area is 248 Å². The molecular formula is C30H33N7O6. The number of aromatic nitrogens is 1. The van der Waals surface area contributed by atoms with Crippen molar-refractivity contribution in [2.24, 2.45) is 10.3 Å². The van der Waals surface area contributed by atoms with E-state index in [0.29, 0.717) is 43.6 Å². The smallest absolute Gasteiger partial charge is 0.347 e. The number of unbranched alkanes of at least 4 members (excludes halogenated alkanes) is 3. The maximum Gasteiger partial charge on any atom is 0.436 e. The Hall–Kier alpha value is -5.04. The molecule has 0 aliphatic carbocycles. The van der Waals surface area contributed by atoms with Gasteiger partial charge in [0.05, 0.1) is 5.56 Å². The summed E-state index contributed by atoms with van der Waals surface area (Å²) in [5.74, 6) is -1.59. The molecular weight excluding hydrogens is 554 g/mol. The topological polar surface area (TPSA) is 170 Å². The maximum atomic E-state index is 13.5. The molecule has 2 aliphatic rings. The third-order valence-electron chi connectivity index (χ3n) is 7.44. The minimum atomic E-state index is -0.804. The molecule has 0 N–H and O–H groups in total. The lowest BCUT2D eigenvalue weighted by Gasteiger charge is -2.11. The predicted octanol–water partition coefficient (Wildman–Crippen LogP) is 4.81. The first kappa shape index (κ1) is 30.9. The van der Waals surface area contributed by atoms with E-state index in [9.17, 15) is 29.7 Å². The molecule has 0 bridgehead atoms. The number of nitriles is 2. The number of ketones is 2. The number of oxime groups is 2. The fourth-order valence-corrected chi connectivity index (χ4v) is 5.09. The van der Waals surface area contributed by atoms with Gasteiger partial charge in [0.2, 0.25) is 23.0 Å². The summed E-state index contributed by atoms with van der Waals surface area (Å²) in [4.78, 5) is 63.7. The summed E-state index contributed by atoms with van der Waals surface area (Å²) in [5.41, 5.74) is -0.528. The van der Waals surface area contributed by atoms with Crippen molar-refractivity contribution in [3.05, 3.63) is 35.5 Å². The van der Waals surface area contributed by atoms with Crippen molar-refractivity contribution in [3.63, 3.8) is 0 Å². The van der Waals surface area contributed by atoms with E-state index >= 15 is 0 Å². The van der Waals surface area contributed by atoms with E-state index in [2.05, 4.69) is 17.2 Å². The van der Waals surface area contributed by atoms with E-state index < -0.39 is 35.2 Å². The van der Waals surface area contributed by atoms with Gasteiger partial charge in [0.15, 0.2) is 0 Å². The number of rotatable bonds is 11. The van der Waals surface area contributed by atoms with Crippen LogP contribution in [-0.4, -0.2) is 75.7 Å². The number of aryl methyl sites for hydroxylation is 1. The third-order valence-corrected chi connectivity index (χ3v) is 7.44. The van der Waals surface area contributed by atoms with Gasteiger partial charge >= 0.3 is 12.2 Å². The lowest BCUT2D eigenvalue weighted by Crippen LogP contribution is -2.27. The van der Waals surface area contributed by atoms with E-state index in [0.717, 1.165) is 51.4 Å². The molecule has 0 atom stereocenters. The first-order valence-corrected chi connectivity index (χ1v) is 14.5. The van der Waals surface area contributed by atoms with Gasteiger partial charge in [-0.25, -0.2) is 9.59 Å². The molecule has 1 aromatic carbocycles. The van der Waals surface area contributed by atoms with Crippen LogP contribution in [0.25, 0.3) is 10.9 Å². The second-order valence-electron chi connectivity index (χ2n) is 10.4. The third kappa shape index (κ3) is 7.43. The van der Waals surface area contributed by atoms with Crippen LogP contribution in [-0.2, 0) is 16.2 Å². The molecule has 2 aliphatic heterocycles. The maximum absolute atomic E-state index is 13.5. The van der Waals surface area contributed by atoms with Crippen LogP contribution >= 0.6 is 0 Å². The highest BCUT2D eigenvalue weighted by molar-refractivity contribution is 6.53. The molecule has 0 spiro atoms. The highest BCUT2D eigenvalue weighted by atomic mass is 16.7. The number of nitrogens with zero attached hydrogens (tertiary/aromatic N) is 7. The average Bonchev–Trinajstić information content (AvgIpc) is 3.81. The van der Waals surface area contributed by atoms with Crippen molar-refractivity contribution in [2.75, 3.05) is 26.2 Å². The molecule has 2 saturated heterocycles. The minimum Gasteiger partial charge on any atom is -0.347 e. The van der Waals surface area contributed by atoms with Gasteiger partial charge in [0.25, 0.3) is 0 Å². The first-order valence-electron chi connectivity index (χ1n) is 14.5. The van der Waals surface area contributed by atoms with Crippen LogP contribution in [0.3, 0.4) is 0 Å². The Morgan fingerprint density at radius 1 is 0.814 bits per heavy atom. The van der Waals surface area contributed by atoms with Crippen molar-refractivity contribution in [2.45, 2.75) is 64.8 Å². The fourth-order valence-electron chi connectivity index (χ4n) is 5.09. The molecule has 1 aromatic heterocycles. The van der Waals surface area contributed by atoms with Crippen molar-refractivity contribution in [1.82, 2.24) is 14.4 Å². The lowest BCUT2D eigenvalue weighted by atomic mass is 10.0. The molecule has 13 heteroatoms. The lowest BCUT2D eigenvalue weighted by molar-refractivity contribution is 0.102. The number of carbonyl (C=O) groups excluding carboxylic acids is 4. The van der Waals surface area contributed by atoms with Gasteiger partial charge in [-0.15, -0.1) is 0 Å². The van der Waals surface area contributed by atoms with Crippen LogP contribution in [0.4, 0.5) is 9.59 Å². The molecule has 2 fully saturated rings. The highest BCUT2D eigenvalue weighted by Crippen LogP contribution is 2.25. The molecule has 0 radical (unpaired) electrons. The Morgan fingerprint density at radius 3 is 1.91 bits per heavy atom. The Kier molecular flexibility index (Phi) is 10.6. The summed E-state index contributed by atoms with van der Waals surface area (Å²) in [6.45, 7) is 4.73. The average molecular weight is 588 g/mol. The van der Waals surface area contributed by atoms with Crippen LogP contribution in [0.2, 0.25) is 0 Å². The number of fused-ring (bicyclic) bond motifs is 1.